The molecular formula is C2K2N4O2. The normalized spacial score (nSPS) is 7.20. The van der Waals surface area contributed by atoms with Crippen LogP contribution in [0.3, 0.4) is 0 Å². The zero-order chi connectivity index (χ0) is 5.98. The molecule has 0 saturated heterocycles. The van der Waals surface area contributed by atoms with Crippen molar-refractivity contribution < 1.29 is 113 Å². The molecule has 10 heavy (non-hydrogen) atoms. The van der Waals surface area contributed by atoms with Gasteiger partial charge in [-0.2, -0.15) is 5.21 Å². The van der Waals surface area contributed by atoms with Crippen molar-refractivity contribution >= 4 is 5.97 Å². The molecule has 0 aliphatic rings. The molecule has 0 N–H and O–H groups in total. The fourth-order valence-electron chi connectivity index (χ4n) is 0.226. The molecule has 0 bridgehead atoms. The number of rotatable bonds is 1. The van der Waals surface area contributed by atoms with Crippen LogP contribution < -0.4 is 113 Å². The number of carbonyl (C=O) groups excluding carboxylic acids is 1. The molecule has 0 unspecified atom stereocenters. The summed E-state index contributed by atoms with van der Waals surface area (Å²) in [7, 11) is 0. The fraction of sp³-hybridized carbons (Fsp3) is 0. The Labute approximate surface area is 141 Å². The van der Waals surface area contributed by atoms with Crippen molar-refractivity contribution in [2.45, 2.75) is 0 Å². The van der Waals surface area contributed by atoms with Gasteiger partial charge in [0.2, 0.25) is 0 Å². The minimum Gasteiger partial charge on any atom is -0.544 e. The minimum atomic E-state index is -1.46. The van der Waals surface area contributed by atoms with Crippen LogP contribution in [0.25, 0.3) is 0 Å². The van der Waals surface area contributed by atoms with Gasteiger partial charge in [-0.3, -0.25) is 10.3 Å². The van der Waals surface area contributed by atoms with Crippen molar-refractivity contribution in [1.29, 1.82) is 0 Å². The second kappa shape index (κ2) is 7.46. The summed E-state index contributed by atoms with van der Waals surface area (Å²) in [4.78, 5) is 9.75. The molecule has 1 aromatic rings. The molecule has 0 atom stereocenters. The average molecular weight is 190 g/mol. The third-order valence-corrected chi connectivity index (χ3v) is 0.501. The van der Waals surface area contributed by atoms with Gasteiger partial charge in [-0.25, -0.2) is 0 Å². The predicted molar refractivity (Wildman–Crippen MR) is 17.5 cm³/mol. The third-order valence-electron chi connectivity index (χ3n) is 0.501. The number of hydrogen-bond donors (Lipinski definition) is 0. The largest absolute Gasteiger partial charge is 1.00 e. The summed E-state index contributed by atoms with van der Waals surface area (Å²) in [6.07, 6.45) is 0. The van der Waals surface area contributed by atoms with Gasteiger partial charge in [0.05, 0.1) is 11.8 Å². The Morgan fingerprint density at radius 3 is 2.30 bits per heavy atom. The molecule has 1 heterocycles. The first-order valence-electron chi connectivity index (χ1n) is 1.71. The smallest absolute Gasteiger partial charge is 0.544 e. The Hall–Kier alpha value is 1.81. The van der Waals surface area contributed by atoms with Gasteiger partial charge in [-0.05, 0) is 0 Å². The first-order valence-corrected chi connectivity index (χ1v) is 1.71. The van der Waals surface area contributed by atoms with Crippen molar-refractivity contribution in [2.24, 2.45) is 0 Å². The van der Waals surface area contributed by atoms with Crippen LogP contribution in [0.2, 0.25) is 0 Å². The first-order chi connectivity index (χ1) is 3.80. The van der Waals surface area contributed by atoms with Crippen molar-refractivity contribution in [3.05, 3.63) is 5.82 Å². The zero-order valence-electron chi connectivity index (χ0n) is 5.61. The van der Waals surface area contributed by atoms with Crippen LogP contribution in [0, 0.1) is 0 Å². The molecule has 6 nitrogen and oxygen atoms in total. The molecule has 8 heteroatoms. The molecule has 0 amide bonds. The van der Waals surface area contributed by atoms with Crippen molar-refractivity contribution in [3.63, 3.8) is 0 Å². The van der Waals surface area contributed by atoms with Gasteiger partial charge in [0, 0.05) is 0 Å². The Morgan fingerprint density at radius 2 is 2.10 bits per heavy atom. The van der Waals surface area contributed by atoms with Gasteiger partial charge >= 0.3 is 103 Å². The van der Waals surface area contributed by atoms with E-state index in [0.29, 0.717) is 0 Å². The van der Waals surface area contributed by atoms with Crippen LogP contribution in [-0.4, -0.2) is 21.5 Å². The topological polar surface area (TPSA) is 92.9 Å². The van der Waals surface area contributed by atoms with E-state index in [0.717, 1.165) is 0 Å². The van der Waals surface area contributed by atoms with E-state index in [-0.39, 0.29) is 103 Å². The fourth-order valence-corrected chi connectivity index (χ4v) is 0.226. The monoisotopic (exact) mass is 190 g/mol. The van der Waals surface area contributed by atoms with Crippen LogP contribution in [0.5, 0.6) is 0 Å². The van der Waals surface area contributed by atoms with E-state index in [2.05, 4.69) is 20.6 Å². The zero-order valence-corrected chi connectivity index (χ0v) is 11.9. The number of nitrogens with zero attached hydrogens (tertiary/aromatic N) is 4. The summed E-state index contributed by atoms with van der Waals surface area (Å²) >= 11 is 0. The Morgan fingerprint density at radius 1 is 1.50 bits per heavy atom. The Bertz CT molecular complexity index is 187. The average Bonchev–Trinajstić information content (AvgIpc) is 2.12. The Kier molecular flexibility index (Phi) is 10.7. The van der Waals surface area contributed by atoms with Gasteiger partial charge in [-0.1, -0.05) is 0 Å². The molecular weight excluding hydrogens is 190 g/mol. The maximum atomic E-state index is 9.75. The molecule has 0 saturated carbocycles. The van der Waals surface area contributed by atoms with Crippen LogP contribution in [-0.2, 0) is 0 Å². The van der Waals surface area contributed by atoms with E-state index in [4.69, 9.17) is 0 Å². The maximum Gasteiger partial charge on any atom is 1.00 e. The van der Waals surface area contributed by atoms with Crippen LogP contribution in [0.15, 0.2) is 0 Å². The summed E-state index contributed by atoms with van der Waals surface area (Å²) in [5.41, 5.74) is 0. The van der Waals surface area contributed by atoms with Crippen LogP contribution >= 0.6 is 0 Å². The van der Waals surface area contributed by atoms with E-state index in [1.54, 1.807) is 0 Å². The number of carboxylic acids is 1. The standard InChI is InChI=1S/C2H2N4O2.2K/c7-2(8)1-3-5-6-4-1;;/h(H2,3,4,5,6,7,8);;/q;2*+1/p-2. The summed E-state index contributed by atoms with van der Waals surface area (Å²) < 4.78 is 0. The second-order valence-corrected chi connectivity index (χ2v) is 0.990. The van der Waals surface area contributed by atoms with Gasteiger partial charge in [0.1, 0.15) is 0 Å². The first kappa shape index (κ1) is 14.3. The van der Waals surface area contributed by atoms with Gasteiger partial charge in [0.15, 0.2) is 0 Å². The molecule has 42 valence electrons. The molecule has 1 aromatic heterocycles. The van der Waals surface area contributed by atoms with Crippen molar-refractivity contribution in [1.82, 2.24) is 20.6 Å². The van der Waals surface area contributed by atoms with Crippen molar-refractivity contribution in [3.8, 4) is 0 Å². The third kappa shape index (κ3) is 4.64. The molecule has 0 fully saturated rings. The molecule has 1 rings (SSSR count). The molecule has 0 aliphatic heterocycles. The minimum absolute atomic E-state index is 0. The van der Waals surface area contributed by atoms with E-state index < -0.39 is 11.8 Å². The maximum absolute atomic E-state index is 9.75. The van der Waals surface area contributed by atoms with Gasteiger partial charge in [0.25, 0.3) is 0 Å². The quantitative estimate of drug-likeness (QED) is 0.408. The Balaban J connectivity index is 0. The number of hydrogen-bond acceptors (Lipinski definition) is 5. The molecule has 0 spiro atoms. The van der Waals surface area contributed by atoms with Gasteiger partial charge < -0.3 is 15.0 Å². The number of tetrazole rings is 1. The summed E-state index contributed by atoms with van der Waals surface area (Å²) in [5, 5.41) is 21.5. The molecule has 0 radical (unpaired) electrons. The second-order valence-electron chi connectivity index (χ2n) is 0.990. The number of aromatic carboxylic acids is 1. The van der Waals surface area contributed by atoms with E-state index >= 15 is 0 Å². The van der Waals surface area contributed by atoms with Crippen molar-refractivity contribution in [2.75, 3.05) is 0 Å². The van der Waals surface area contributed by atoms with E-state index in [1.807, 2.05) is 0 Å². The van der Waals surface area contributed by atoms with Crippen LogP contribution in [0.4, 0.5) is 0 Å². The predicted octanol–water partition coefficient (Wildman–Crippen LogP) is -8.80. The van der Waals surface area contributed by atoms with Crippen LogP contribution in [0.1, 0.15) is 10.6 Å². The van der Waals surface area contributed by atoms with E-state index in [1.165, 1.54) is 0 Å². The molecule has 0 aromatic carbocycles. The summed E-state index contributed by atoms with van der Waals surface area (Å²) in [5.74, 6) is -1.94. The van der Waals surface area contributed by atoms with Gasteiger partial charge in [-0.15, -0.1) is 0 Å². The summed E-state index contributed by atoms with van der Waals surface area (Å²) in [6.45, 7) is 0. The SMILES string of the molecule is O=C([O-])c1nnn[n-]1.[K+].[K+]. The van der Waals surface area contributed by atoms with E-state index in [9.17, 15) is 9.90 Å². The molecule has 0 aliphatic carbocycles. The number of carboxylic acid groups (broad SMARTS) is 1. The number of carbonyl (C=O) groups is 1. The number of aromatic nitrogens is 4. The summed E-state index contributed by atoms with van der Waals surface area (Å²) in [6, 6.07) is 0.